The summed E-state index contributed by atoms with van der Waals surface area (Å²) in [5.41, 5.74) is 2.26. The number of nitrogens with one attached hydrogen (secondary N) is 1. The standard InChI is InChI=1S/C24H26ClN3O4S/c1-3-31-24(30)21-16-12-11-14(2)13-18(16)33-23(21)26-19(29)9-6-10-20-27-22(28-32-20)15-7-4-5-8-17(15)25/h4-5,7-8,14H,3,6,9-13H2,1-2H3,(H,26,29)/t14-/m1/s1. The smallest absolute Gasteiger partial charge is 0.341 e. The molecule has 1 N–H and O–H groups in total. The Hall–Kier alpha value is -2.71. The molecule has 3 aromatic rings. The molecular weight excluding hydrogens is 462 g/mol. The summed E-state index contributed by atoms with van der Waals surface area (Å²) in [6, 6.07) is 7.29. The van der Waals surface area contributed by atoms with Crippen LogP contribution in [0, 0.1) is 5.92 Å². The van der Waals surface area contributed by atoms with E-state index in [0.29, 0.717) is 58.2 Å². The molecule has 1 aliphatic carbocycles. The number of ether oxygens (including phenoxy) is 1. The Morgan fingerprint density at radius 3 is 2.94 bits per heavy atom. The third-order valence-electron chi connectivity index (χ3n) is 5.62. The van der Waals surface area contributed by atoms with Crippen LogP contribution in [0.2, 0.25) is 5.02 Å². The van der Waals surface area contributed by atoms with Crippen LogP contribution in [0.5, 0.6) is 0 Å². The second kappa shape index (κ2) is 10.5. The Morgan fingerprint density at radius 2 is 2.15 bits per heavy atom. The van der Waals surface area contributed by atoms with Gasteiger partial charge in [0.05, 0.1) is 17.2 Å². The fourth-order valence-electron chi connectivity index (χ4n) is 3.96. The van der Waals surface area contributed by atoms with E-state index in [9.17, 15) is 9.59 Å². The highest BCUT2D eigenvalue weighted by atomic mass is 35.5. The van der Waals surface area contributed by atoms with E-state index in [2.05, 4.69) is 22.4 Å². The van der Waals surface area contributed by atoms with Crippen molar-refractivity contribution in [2.75, 3.05) is 11.9 Å². The first-order chi connectivity index (χ1) is 16.0. The number of hydrogen-bond donors (Lipinski definition) is 1. The van der Waals surface area contributed by atoms with Gasteiger partial charge < -0.3 is 14.6 Å². The number of fused-ring (bicyclic) bond motifs is 1. The van der Waals surface area contributed by atoms with Gasteiger partial charge in [0.15, 0.2) is 0 Å². The summed E-state index contributed by atoms with van der Waals surface area (Å²) in [4.78, 5) is 30.8. The van der Waals surface area contributed by atoms with Crippen molar-refractivity contribution in [2.24, 2.45) is 5.92 Å². The minimum absolute atomic E-state index is 0.155. The Morgan fingerprint density at radius 1 is 1.33 bits per heavy atom. The minimum atomic E-state index is -0.363. The topological polar surface area (TPSA) is 94.3 Å². The Kier molecular flexibility index (Phi) is 7.45. The van der Waals surface area contributed by atoms with Crippen molar-refractivity contribution in [1.29, 1.82) is 0 Å². The van der Waals surface area contributed by atoms with Crippen molar-refractivity contribution in [2.45, 2.75) is 52.4 Å². The second-order valence-electron chi connectivity index (χ2n) is 8.17. The summed E-state index contributed by atoms with van der Waals surface area (Å²) in [7, 11) is 0. The number of amides is 1. The van der Waals surface area contributed by atoms with Crippen LogP contribution in [0.4, 0.5) is 5.00 Å². The lowest BCUT2D eigenvalue weighted by Crippen LogP contribution is -2.16. The fraction of sp³-hybridized carbons (Fsp3) is 0.417. The van der Waals surface area contributed by atoms with Crippen LogP contribution in [-0.2, 0) is 28.8 Å². The number of nitrogens with zero attached hydrogens (tertiary/aromatic N) is 2. The molecule has 0 radical (unpaired) electrons. The lowest BCUT2D eigenvalue weighted by atomic mass is 9.88. The zero-order valence-corrected chi connectivity index (χ0v) is 20.2. The van der Waals surface area contributed by atoms with Gasteiger partial charge in [0.25, 0.3) is 0 Å². The molecule has 0 saturated heterocycles. The molecule has 9 heteroatoms. The minimum Gasteiger partial charge on any atom is -0.462 e. The predicted octanol–water partition coefficient (Wildman–Crippen LogP) is 5.71. The number of aromatic nitrogens is 2. The number of rotatable bonds is 8. The van der Waals surface area contributed by atoms with Crippen molar-refractivity contribution >= 4 is 39.8 Å². The van der Waals surface area contributed by atoms with Crippen LogP contribution in [0.3, 0.4) is 0 Å². The van der Waals surface area contributed by atoms with Crippen LogP contribution >= 0.6 is 22.9 Å². The molecule has 7 nitrogen and oxygen atoms in total. The van der Waals surface area contributed by atoms with E-state index in [-0.39, 0.29) is 18.3 Å². The molecule has 174 valence electrons. The third-order valence-corrected chi connectivity index (χ3v) is 7.12. The number of hydrogen-bond acceptors (Lipinski definition) is 7. The molecule has 1 aromatic carbocycles. The molecule has 0 unspecified atom stereocenters. The van der Waals surface area contributed by atoms with E-state index in [1.54, 1.807) is 13.0 Å². The van der Waals surface area contributed by atoms with E-state index in [1.165, 1.54) is 16.2 Å². The maximum absolute atomic E-state index is 12.6. The Bertz CT molecular complexity index is 1160. The first-order valence-corrected chi connectivity index (χ1v) is 12.3. The van der Waals surface area contributed by atoms with Crippen molar-refractivity contribution in [3.05, 3.63) is 51.2 Å². The van der Waals surface area contributed by atoms with Gasteiger partial charge in [-0.1, -0.05) is 35.8 Å². The molecule has 2 heterocycles. The number of aryl methyl sites for hydroxylation is 1. The van der Waals surface area contributed by atoms with Gasteiger partial charge in [-0.25, -0.2) is 4.79 Å². The van der Waals surface area contributed by atoms with Crippen molar-refractivity contribution in [3.8, 4) is 11.4 Å². The average molecular weight is 488 g/mol. The van der Waals surface area contributed by atoms with E-state index >= 15 is 0 Å². The van der Waals surface area contributed by atoms with Gasteiger partial charge in [0, 0.05) is 23.3 Å². The molecule has 0 spiro atoms. The van der Waals surface area contributed by atoms with Crippen LogP contribution in [-0.4, -0.2) is 28.6 Å². The second-order valence-corrected chi connectivity index (χ2v) is 9.68. The maximum Gasteiger partial charge on any atom is 0.341 e. The van der Waals surface area contributed by atoms with Crippen molar-refractivity contribution in [1.82, 2.24) is 10.1 Å². The third kappa shape index (κ3) is 5.45. The summed E-state index contributed by atoms with van der Waals surface area (Å²) in [5.74, 6) is 0.929. The van der Waals surface area contributed by atoms with Crippen molar-refractivity contribution < 1.29 is 18.8 Å². The van der Waals surface area contributed by atoms with E-state index in [1.807, 2.05) is 18.2 Å². The molecule has 1 amide bonds. The van der Waals surface area contributed by atoms with Gasteiger partial charge in [0.1, 0.15) is 5.00 Å². The predicted molar refractivity (Wildman–Crippen MR) is 128 cm³/mol. The molecule has 2 aromatic heterocycles. The van der Waals surface area contributed by atoms with Gasteiger partial charge in [-0.2, -0.15) is 4.98 Å². The highest BCUT2D eigenvalue weighted by Gasteiger charge is 2.29. The summed E-state index contributed by atoms with van der Waals surface area (Å²) in [6.45, 7) is 4.29. The zero-order chi connectivity index (χ0) is 23.4. The number of thiophene rings is 1. The molecule has 1 aliphatic rings. The van der Waals surface area contributed by atoms with Crippen LogP contribution < -0.4 is 5.32 Å². The molecule has 0 fully saturated rings. The highest BCUT2D eigenvalue weighted by Crippen LogP contribution is 2.40. The maximum atomic E-state index is 12.6. The normalized spacial score (nSPS) is 15.2. The molecule has 0 bridgehead atoms. The monoisotopic (exact) mass is 487 g/mol. The van der Waals surface area contributed by atoms with Gasteiger partial charge in [-0.05, 0) is 56.2 Å². The summed E-state index contributed by atoms with van der Waals surface area (Å²) >= 11 is 7.68. The number of carbonyl (C=O) groups is 2. The van der Waals surface area contributed by atoms with Gasteiger partial charge in [0.2, 0.25) is 17.6 Å². The lowest BCUT2D eigenvalue weighted by Gasteiger charge is -2.18. The summed E-state index contributed by atoms with van der Waals surface area (Å²) in [5, 5.41) is 8.07. The van der Waals surface area contributed by atoms with Gasteiger partial charge >= 0.3 is 5.97 Å². The lowest BCUT2D eigenvalue weighted by molar-refractivity contribution is -0.116. The number of esters is 1. The Balaban J connectivity index is 1.38. The Labute approximate surface area is 201 Å². The van der Waals surface area contributed by atoms with Crippen LogP contribution in [0.15, 0.2) is 28.8 Å². The largest absolute Gasteiger partial charge is 0.462 e. The summed E-state index contributed by atoms with van der Waals surface area (Å²) in [6.07, 6.45) is 4.06. The quantitative estimate of drug-likeness (QED) is 0.408. The number of halogens is 1. The molecule has 1 atom stereocenters. The molecule has 33 heavy (non-hydrogen) atoms. The molecular formula is C24H26ClN3O4S. The fourth-order valence-corrected chi connectivity index (χ4v) is 5.59. The van der Waals surface area contributed by atoms with E-state index in [0.717, 1.165) is 24.8 Å². The number of benzene rings is 1. The van der Waals surface area contributed by atoms with Crippen molar-refractivity contribution in [3.63, 3.8) is 0 Å². The molecule has 4 rings (SSSR count). The molecule has 0 aliphatic heterocycles. The number of anilines is 1. The van der Waals surface area contributed by atoms with E-state index in [4.69, 9.17) is 20.9 Å². The summed E-state index contributed by atoms with van der Waals surface area (Å²) < 4.78 is 10.6. The van der Waals surface area contributed by atoms with Gasteiger partial charge in [-0.3, -0.25) is 4.79 Å². The van der Waals surface area contributed by atoms with Gasteiger partial charge in [-0.15, -0.1) is 11.3 Å². The first-order valence-electron chi connectivity index (χ1n) is 11.1. The van der Waals surface area contributed by atoms with Crippen LogP contribution in [0.25, 0.3) is 11.4 Å². The molecule has 0 saturated carbocycles. The first kappa shape index (κ1) is 23.4. The van der Waals surface area contributed by atoms with Crippen LogP contribution in [0.1, 0.15) is 59.8 Å². The average Bonchev–Trinajstić information content (AvgIpc) is 3.38. The van der Waals surface area contributed by atoms with E-state index < -0.39 is 0 Å². The highest BCUT2D eigenvalue weighted by molar-refractivity contribution is 7.17. The zero-order valence-electron chi connectivity index (χ0n) is 18.7. The number of carbonyl (C=O) groups excluding carboxylic acids is 2. The SMILES string of the molecule is CCOC(=O)c1c(NC(=O)CCCc2nc(-c3ccccc3Cl)no2)sc2c1CC[C@@H](C)C2.